The molecule has 7 heteroatoms. The Bertz CT molecular complexity index is 398. The molecule has 0 atom stereocenters. The van der Waals surface area contributed by atoms with Crippen LogP contribution in [0.1, 0.15) is 11.1 Å². The van der Waals surface area contributed by atoms with Crippen LogP contribution in [0.3, 0.4) is 0 Å². The summed E-state index contributed by atoms with van der Waals surface area (Å²) in [7, 11) is 0. The first-order valence-electron chi connectivity index (χ1n) is 3.81. The zero-order chi connectivity index (χ0) is 11.3. The maximum Gasteiger partial charge on any atom is 0.270 e. The van der Waals surface area contributed by atoms with E-state index in [1.807, 2.05) is 0 Å². The molecule has 1 rings (SSSR count). The minimum Gasteiger partial charge on any atom is -0.411 e. The van der Waals surface area contributed by atoms with Crippen molar-refractivity contribution in [2.24, 2.45) is 10.3 Å². The van der Waals surface area contributed by atoms with Gasteiger partial charge in [-0.1, -0.05) is 10.3 Å². The van der Waals surface area contributed by atoms with Gasteiger partial charge in [0.2, 0.25) is 0 Å². The van der Waals surface area contributed by atoms with Gasteiger partial charge in [-0.15, -0.1) is 0 Å². The van der Waals surface area contributed by atoms with E-state index in [0.717, 1.165) is 12.4 Å². The second-order valence-electron chi connectivity index (χ2n) is 2.60. The molecule has 1 aromatic carbocycles. The summed E-state index contributed by atoms with van der Waals surface area (Å²) >= 11 is 0. The van der Waals surface area contributed by atoms with E-state index < -0.39 is 4.92 Å². The minimum atomic E-state index is -0.594. The van der Waals surface area contributed by atoms with Gasteiger partial charge in [-0.05, 0) is 6.07 Å². The first kappa shape index (κ1) is 10.6. The third kappa shape index (κ3) is 2.76. The molecule has 0 aliphatic rings. The van der Waals surface area contributed by atoms with E-state index in [2.05, 4.69) is 10.3 Å². The van der Waals surface area contributed by atoms with E-state index in [1.54, 1.807) is 0 Å². The molecule has 0 saturated heterocycles. The van der Waals surface area contributed by atoms with E-state index in [1.165, 1.54) is 18.2 Å². The SMILES string of the molecule is O=[N+]([O-])c1cc(/C=N/O)cc(/C=N/O)c1. The molecule has 0 saturated carbocycles. The number of nitrogens with zero attached hydrogens (tertiary/aromatic N) is 3. The van der Waals surface area contributed by atoms with Gasteiger partial charge in [0, 0.05) is 23.3 Å². The van der Waals surface area contributed by atoms with Crippen molar-refractivity contribution in [2.75, 3.05) is 0 Å². The van der Waals surface area contributed by atoms with Crippen LogP contribution in [-0.2, 0) is 0 Å². The van der Waals surface area contributed by atoms with Gasteiger partial charge in [-0.2, -0.15) is 0 Å². The fourth-order valence-electron chi connectivity index (χ4n) is 1.05. The van der Waals surface area contributed by atoms with Gasteiger partial charge in [0.25, 0.3) is 5.69 Å². The molecule has 0 unspecified atom stereocenters. The molecular weight excluding hydrogens is 202 g/mol. The molecule has 2 N–H and O–H groups in total. The summed E-state index contributed by atoms with van der Waals surface area (Å²) < 4.78 is 0. The third-order valence-corrected chi connectivity index (χ3v) is 1.59. The zero-order valence-corrected chi connectivity index (χ0v) is 7.44. The Morgan fingerprint density at radius 1 is 1.13 bits per heavy atom. The Balaban J connectivity index is 3.25. The van der Waals surface area contributed by atoms with Crippen molar-refractivity contribution in [3.63, 3.8) is 0 Å². The smallest absolute Gasteiger partial charge is 0.270 e. The van der Waals surface area contributed by atoms with Gasteiger partial charge in [-0.25, -0.2) is 0 Å². The predicted molar refractivity (Wildman–Crippen MR) is 51.9 cm³/mol. The molecule has 0 aromatic heterocycles. The largest absolute Gasteiger partial charge is 0.411 e. The highest BCUT2D eigenvalue weighted by Gasteiger charge is 2.07. The summed E-state index contributed by atoms with van der Waals surface area (Å²) in [6.45, 7) is 0. The van der Waals surface area contributed by atoms with E-state index >= 15 is 0 Å². The Hall–Kier alpha value is -2.44. The Morgan fingerprint density at radius 3 is 1.93 bits per heavy atom. The van der Waals surface area contributed by atoms with Gasteiger partial charge < -0.3 is 10.4 Å². The molecule has 0 radical (unpaired) electrons. The molecule has 0 bridgehead atoms. The van der Waals surface area contributed by atoms with Crippen LogP contribution in [0.15, 0.2) is 28.5 Å². The highest BCUT2D eigenvalue weighted by molar-refractivity contribution is 5.87. The van der Waals surface area contributed by atoms with Crippen LogP contribution in [0.5, 0.6) is 0 Å². The van der Waals surface area contributed by atoms with E-state index in [4.69, 9.17) is 10.4 Å². The molecule has 0 amide bonds. The first-order valence-corrected chi connectivity index (χ1v) is 3.81. The van der Waals surface area contributed by atoms with Crippen LogP contribution < -0.4 is 0 Å². The van der Waals surface area contributed by atoms with Crippen LogP contribution in [0.2, 0.25) is 0 Å². The number of hydrogen-bond donors (Lipinski definition) is 2. The number of nitro benzene ring substituents is 1. The first-order chi connectivity index (χ1) is 7.17. The van der Waals surface area contributed by atoms with Gasteiger partial charge in [0.15, 0.2) is 0 Å². The maximum absolute atomic E-state index is 10.5. The minimum absolute atomic E-state index is 0.178. The summed E-state index contributed by atoms with van der Waals surface area (Å²) in [6.07, 6.45) is 2.09. The highest BCUT2D eigenvalue weighted by atomic mass is 16.6. The van der Waals surface area contributed by atoms with Crippen molar-refractivity contribution in [2.45, 2.75) is 0 Å². The molecule has 0 spiro atoms. The average Bonchev–Trinajstić information content (AvgIpc) is 2.18. The fourth-order valence-corrected chi connectivity index (χ4v) is 1.05. The lowest BCUT2D eigenvalue weighted by Crippen LogP contribution is -1.93. The van der Waals surface area contributed by atoms with Crippen molar-refractivity contribution in [3.05, 3.63) is 39.4 Å². The molecule has 15 heavy (non-hydrogen) atoms. The summed E-state index contributed by atoms with van der Waals surface area (Å²) in [5.74, 6) is 0. The van der Waals surface area contributed by atoms with Crippen LogP contribution in [-0.4, -0.2) is 27.8 Å². The highest BCUT2D eigenvalue weighted by Crippen LogP contribution is 2.15. The molecule has 78 valence electrons. The Kier molecular flexibility index (Phi) is 3.33. The number of benzene rings is 1. The molecule has 1 aromatic rings. The molecular formula is C8H7N3O4. The topological polar surface area (TPSA) is 108 Å². The summed E-state index contributed by atoms with van der Waals surface area (Å²) in [4.78, 5) is 9.91. The summed E-state index contributed by atoms with van der Waals surface area (Å²) in [5, 5.41) is 32.6. The van der Waals surface area contributed by atoms with Crippen molar-refractivity contribution in [1.82, 2.24) is 0 Å². The van der Waals surface area contributed by atoms with Crippen molar-refractivity contribution in [1.29, 1.82) is 0 Å². The van der Waals surface area contributed by atoms with E-state index in [0.29, 0.717) is 11.1 Å². The number of hydrogen-bond acceptors (Lipinski definition) is 6. The lowest BCUT2D eigenvalue weighted by atomic mass is 10.1. The normalized spacial score (nSPS) is 11.2. The summed E-state index contributed by atoms with van der Waals surface area (Å²) in [5.41, 5.74) is 0.491. The number of non-ortho nitro benzene ring substituents is 1. The third-order valence-electron chi connectivity index (χ3n) is 1.59. The van der Waals surface area contributed by atoms with Crippen LogP contribution in [0.4, 0.5) is 5.69 Å². The van der Waals surface area contributed by atoms with Crippen molar-refractivity contribution in [3.8, 4) is 0 Å². The Morgan fingerprint density at radius 2 is 1.60 bits per heavy atom. The lowest BCUT2D eigenvalue weighted by molar-refractivity contribution is -0.384. The number of rotatable bonds is 3. The quantitative estimate of drug-likeness (QED) is 0.337. The second kappa shape index (κ2) is 4.70. The van der Waals surface area contributed by atoms with Crippen molar-refractivity contribution >= 4 is 18.1 Å². The van der Waals surface area contributed by atoms with Gasteiger partial charge in [0.05, 0.1) is 17.4 Å². The van der Waals surface area contributed by atoms with Gasteiger partial charge in [0.1, 0.15) is 0 Å². The maximum atomic E-state index is 10.5. The molecule has 0 fully saturated rings. The number of nitro groups is 1. The van der Waals surface area contributed by atoms with Crippen LogP contribution >= 0.6 is 0 Å². The van der Waals surface area contributed by atoms with Gasteiger partial charge in [-0.3, -0.25) is 10.1 Å². The predicted octanol–water partition coefficient (Wildman–Crippen LogP) is 1.21. The molecule has 0 heterocycles. The molecule has 0 aliphatic heterocycles. The summed E-state index contributed by atoms with van der Waals surface area (Å²) in [6, 6.07) is 3.93. The standard InChI is InChI=1S/C8H7N3O4/c12-9-4-6-1-7(5-10-13)3-8(2-6)11(14)15/h1-5,12-13H/b9-4+,10-5+. The van der Waals surface area contributed by atoms with Crippen LogP contribution in [0.25, 0.3) is 0 Å². The lowest BCUT2D eigenvalue weighted by Gasteiger charge is -1.96. The zero-order valence-electron chi connectivity index (χ0n) is 7.44. The average molecular weight is 209 g/mol. The van der Waals surface area contributed by atoms with E-state index in [9.17, 15) is 10.1 Å². The number of oxime groups is 2. The second-order valence-corrected chi connectivity index (χ2v) is 2.60. The van der Waals surface area contributed by atoms with Crippen molar-refractivity contribution < 1.29 is 15.3 Å². The van der Waals surface area contributed by atoms with E-state index in [-0.39, 0.29) is 5.69 Å². The monoisotopic (exact) mass is 209 g/mol. The molecule has 0 aliphatic carbocycles. The fraction of sp³-hybridized carbons (Fsp3) is 0. The molecule has 7 nitrogen and oxygen atoms in total. The van der Waals surface area contributed by atoms with Gasteiger partial charge >= 0.3 is 0 Å². The Labute approximate surface area is 84.1 Å². The van der Waals surface area contributed by atoms with Crippen LogP contribution in [0, 0.1) is 10.1 Å².